The molecule has 4 rings (SSSR count). The standard InChI is InChI=1S/C22H20F4N6O3S/c1-11-17(36-19(27)30-11)35-20(34)32-21(6-7-21)18(33)29-9-13-3-4-14(10-28-13)31-16-5-2-12(23)8-15(16)22(24,25)26/h2-5,8,10,31H,6-7,9H2,1H3,(H2,27,30)(H,29,33)(H,32,34). The quantitative estimate of drug-likeness (QED) is 0.340. The van der Waals surface area contributed by atoms with E-state index in [1.54, 1.807) is 6.92 Å². The van der Waals surface area contributed by atoms with Gasteiger partial charge in [-0.1, -0.05) is 11.3 Å². The average Bonchev–Trinajstić information content (AvgIpc) is 3.51. The van der Waals surface area contributed by atoms with Crippen molar-refractivity contribution in [1.29, 1.82) is 0 Å². The number of nitrogen functional groups attached to an aromatic ring is 1. The van der Waals surface area contributed by atoms with Crippen LogP contribution in [0.5, 0.6) is 5.06 Å². The highest BCUT2D eigenvalue weighted by atomic mass is 32.1. The number of hydrogen-bond donors (Lipinski definition) is 4. The summed E-state index contributed by atoms with van der Waals surface area (Å²) < 4.78 is 58.0. The van der Waals surface area contributed by atoms with Gasteiger partial charge in [0.25, 0.3) is 0 Å². The minimum atomic E-state index is -4.74. The molecule has 1 aromatic carbocycles. The van der Waals surface area contributed by atoms with Gasteiger partial charge in [0.1, 0.15) is 11.4 Å². The van der Waals surface area contributed by atoms with Crippen LogP contribution in [0.25, 0.3) is 0 Å². The number of alkyl halides is 3. The Bertz CT molecular complexity index is 1290. The molecule has 2 amide bonds. The highest BCUT2D eigenvalue weighted by molar-refractivity contribution is 7.17. The van der Waals surface area contributed by atoms with Gasteiger partial charge in [-0.25, -0.2) is 14.2 Å². The summed E-state index contributed by atoms with van der Waals surface area (Å²) in [6.07, 6.45) is -3.41. The van der Waals surface area contributed by atoms with E-state index in [0.717, 1.165) is 23.5 Å². The number of hydrogen-bond acceptors (Lipinski definition) is 8. The van der Waals surface area contributed by atoms with Crippen molar-refractivity contribution in [3.8, 4) is 5.06 Å². The van der Waals surface area contributed by atoms with Crippen molar-refractivity contribution >= 4 is 39.8 Å². The maximum Gasteiger partial charge on any atom is 0.418 e. The predicted molar refractivity (Wildman–Crippen MR) is 123 cm³/mol. The number of ether oxygens (including phenoxy) is 1. The number of aryl methyl sites for hydroxylation is 1. The maximum atomic E-state index is 13.3. The first-order valence-corrected chi connectivity index (χ1v) is 11.4. The molecule has 0 bridgehead atoms. The molecular weight excluding hydrogens is 504 g/mol. The fourth-order valence-electron chi connectivity index (χ4n) is 3.29. The van der Waals surface area contributed by atoms with Crippen LogP contribution in [0.15, 0.2) is 36.5 Å². The van der Waals surface area contributed by atoms with E-state index in [1.807, 2.05) is 0 Å². The van der Waals surface area contributed by atoms with Gasteiger partial charge in [0.2, 0.25) is 11.0 Å². The molecule has 3 aromatic rings. The minimum Gasteiger partial charge on any atom is -0.397 e. The van der Waals surface area contributed by atoms with Gasteiger partial charge in [-0.05, 0) is 50.1 Å². The van der Waals surface area contributed by atoms with E-state index in [-0.39, 0.29) is 28.1 Å². The molecule has 2 aromatic heterocycles. The summed E-state index contributed by atoms with van der Waals surface area (Å²) in [7, 11) is 0. The third-order valence-corrected chi connectivity index (χ3v) is 6.17. The van der Waals surface area contributed by atoms with Crippen molar-refractivity contribution < 1.29 is 31.9 Å². The number of amides is 2. The Morgan fingerprint density at radius 3 is 2.56 bits per heavy atom. The molecule has 0 spiro atoms. The number of nitrogens with zero attached hydrogens (tertiary/aromatic N) is 2. The van der Waals surface area contributed by atoms with E-state index < -0.39 is 35.1 Å². The number of benzene rings is 1. The molecule has 9 nitrogen and oxygen atoms in total. The second-order valence-electron chi connectivity index (χ2n) is 8.06. The van der Waals surface area contributed by atoms with E-state index >= 15 is 0 Å². The predicted octanol–water partition coefficient (Wildman–Crippen LogP) is 4.27. The van der Waals surface area contributed by atoms with Crippen molar-refractivity contribution in [2.75, 3.05) is 11.1 Å². The fraction of sp³-hybridized carbons (Fsp3) is 0.273. The second kappa shape index (κ2) is 9.60. The Kier molecular flexibility index (Phi) is 6.71. The maximum absolute atomic E-state index is 13.3. The number of pyridine rings is 1. The highest BCUT2D eigenvalue weighted by Crippen LogP contribution is 2.37. The van der Waals surface area contributed by atoms with Crippen LogP contribution in [-0.4, -0.2) is 27.5 Å². The number of nitrogens with one attached hydrogen (secondary N) is 3. The average molecular weight is 525 g/mol. The number of carbonyl (C=O) groups excluding carboxylic acids is 2. The fourth-order valence-corrected chi connectivity index (χ4v) is 3.98. The molecule has 1 saturated carbocycles. The number of carbonyl (C=O) groups is 2. The molecule has 0 unspecified atom stereocenters. The van der Waals surface area contributed by atoms with Crippen LogP contribution < -0.4 is 26.4 Å². The third-order valence-electron chi connectivity index (χ3n) is 5.30. The van der Waals surface area contributed by atoms with Gasteiger partial charge in [0, 0.05) is 0 Å². The summed E-state index contributed by atoms with van der Waals surface area (Å²) in [6.45, 7) is 1.66. The van der Waals surface area contributed by atoms with E-state index in [4.69, 9.17) is 10.5 Å². The van der Waals surface area contributed by atoms with Crippen molar-refractivity contribution in [3.63, 3.8) is 0 Å². The van der Waals surface area contributed by atoms with Crippen LogP contribution in [0.2, 0.25) is 0 Å². The van der Waals surface area contributed by atoms with Gasteiger partial charge in [-0.2, -0.15) is 13.2 Å². The molecule has 0 saturated heterocycles. The smallest absolute Gasteiger partial charge is 0.397 e. The van der Waals surface area contributed by atoms with E-state index in [9.17, 15) is 27.2 Å². The zero-order valence-corrected chi connectivity index (χ0v) is 19.5. The number of rotatable bonds is 7. The van der Waals surface area contributed by atoms with Gasteiger partial charge >= 0.3 is 12.3 Å². The molecule has 14 heteroatoms. The summed E-state index contributed by atoms with van der Waals surface area (Å²) in [4.78, 5) is 32.9. The summed E-state index contributed by atoms with van der Waals surface area (Å²) >= 11 is 1.01. The lowest BCUT2D eigenvalue weighted by Crippen LogP contribution is -2.49. The highest BCUT2D eigenvalue weighted by Gasteiger charge is 2.51. The number of nitrogens with two attached hydrogens (primary N) is 1. The molecule has 1 aliphatic rings. The summed E-state index contributed by atoms with van der Waals surface area (Å²) in [6, 6.07) is 5.30. The Morgan fingerprint density at radius 2 is 1.97 bits per heavy atom. The first-order valence-electron chi connectivity index (χ1n) is 10.5. The molecule has 1 aliphatic carbocycles. The van der Waals surface area contributed by atoms with Gasteiger partial charge in [-0.15, -0.1) is 0 Å². The summed E-state index contributed by atoms with van der Waals surface area (Å²) in [5.74, 6) is -1.43. The Hall–Kier alpha value is -3.94. The molecule has 36 heavy (non-hydrogen) atoms. The van der Waals surface area contributed by atoms with Gasteiger partial charge in [0.15, 0.2) is 5.13 Å². The number of anilines is 3. The molecule has 0 aliphatic heterocycles. The summed E-state index contributed by atoms with van der Waals surface area (Å²) in [5.41, 5.74) is 4.14. The largest absolute Gasteiger partial charge is 0.418 e. The SMILES string of the molecule is Cc1nc(N)sc1OC(=O)NC1(C(=O)NCc2ccc(Nc3ccc(F)cc3C(F)(F)F)cn2)CC1. The van der Waals surface area contributed by atoms with Crippen molar-refractivity contribution in [3.05, 3.63) is 59.3 Å². The van der Waals surface area contributed by atoms with Crippen LogP contribution in [0.3, 0.4) is 0 Å². The van der Waals surface area contributed by atoms with Crippen molar-refractivity contribution in [2.45, 2.75) is 38.0 Å². The van der Waals surface area contributed by atoms with Crippen molar-refractivity contribution in [1.82, 2.24) is 20.6 Å². The minimum absolute atomic E-state index is 0.0203. The lowest BCUT2D eigenvalue weighted by atomic mass is 10.1. The van der Waals surface area contributed by atoms with Crippen LogP contribution in [0, 0.1) is 12.7 Å². The lowest BCUT2D eigenvalue weighted by molar-refractivity contribution is -0.137. The molecule has 190 valence electrons. The third kappa shape index (κ3) is 5.82. The number of aromatic nitrogens is 2. The molecule has 1 fully saturated rings. The first kappa shape index (κ1) is 25.2. The molecule has 0 radical (unpaired) electrons. The lowest BCUT2D eigenvalue weighted by Gasteiger charge is -2.17. The normalized spacial score (nSPS) is 14.1. The van der Waals surface area contributed by atoms with Crippen molar-refractivity contribution in [2.24, 2.45) is 0 Å². The van der Waals surface area contributed by atoms with Crippen LogP contribution in [0.4, 0.5) is 38.9 Å². The Labute approximate surface area is 206 Å². The van der Waals surface area contributed by atoms with E-state index in [0.29, 0.717) is 30.3 Å². The Balaban J connectivity index is 1.32. The number of thiazole rings is 1. The topological polar surface area (TPSA) is 131 Å². The molecule has 0 atom stereocenters. The van der Waals surface area contributed by atoms with Gasteiger partial charge in [0.05, 0.1) is 41.1 Å². The van der Waals surface area contributed by atoms with Crippen LogP contribution in [-0.2, 0) is 17.5 Å². The van der Waals surface area contributed by atoms with E-state index in [2.05, 4.69) is 25.9 Å². The molecule has 5 N–H and O–H groups in total. The van der Waals surface area contributed by atoms with Gasteiger partial charge < -0.3 is 26.4 Å². The van der Waals surface area contributed by atoms with Gasteiger partial charge in [-0.3, -0.25) is 9.78 Å². The molecule has 2 heterocycles. The van der Waals surface area contributed by atoms with Crippen LogP contribution >= 0.6 is 11.3 Å². The monoisotopic (exact) mass is 524 g/mol. The summed E-state index contributed by atoms with van der Waals surface area (Å²) in [5, 5.41) is 8.30. The molecular formula is C22H20F4N6O3S. The first-order chi connectivity index (χ1) is 16.9. The van der Waals surface area contributed by atoms with Crippen LogP contribution in [0.1, 0.15) is 29.8 Å². The zero-order chi connectivity index (χ0) is 26.1. The number of halogens is 4. The zero-order valence-electron chi connectivity index (χ0n) is 18.7. The second-order valence-corrected chi connectivity index (χ2v) is 9.05. The Morgan fingerprint density at radius 1 is 1.22 bits per heavy atom. The van der Waals surface area contributed by atoms with E-state index in [1.165, 1.54) is 18.3 Å².